The van der Waals surface area contributed by atoms with Gasteiger partial charge in [-0.25, -0.2) is 0 Å². The van der Waals surface area contributed by atoms with Crippen LogP contribution in [0.15, 0.2) is 60.7 Å². The number of alkyl halides is 2. The normalized spacial score (nSPS) is 12.6. The Morgan fingerprint density at radius 2 is 1.45 bits per heavy atom. The predicted octanol–water partition coefficient (Wildman–Crippen LogP) is 7.45. The van der Waals surface area contributed by atoms with E-state index >= 15 is 0 Å². The first-order valence-corrected chi connectivity index (χ1v) is 10.4. The van der Waals surface area contributed by atoms with Crippen molar-refractivity contribution in [3.05, 3.63) is 77.4 Å². The zero-order chi connectivity index (χ0) is 20.2. The Labute approximate surface area is 171 Å². The lowest BCUT2D eigenvalue weighted by Crippen LogP contribution is -2.05. The summed E-state index contributed by atoms with van der Waals surface area (Å²) in [7, 11) is 0. The second-order valence-corrected chi connectivity index (χ2v) is 7.72. The van der Waals surface area contributed by atoms with Crippen LogP contribution in [-0.2, 0) is 19.3 Å². The van der Waals surface area contributed by atoms with Crippen molar-refractivity contribution < 1.29 is 13.5 Å². The smallest absolute Gasteiger partial charge is 0.387 e. The fourth-order valence-corrected chi connectivity index (χ4v) is 4.19. The van der Waals surface area contributed by atoms with Gasteiger partial charge in [0.1, 0.15) is 5.75 Å². The third-order valence-corrected chi connectivity index (χ3v) is 5.71. The SMILES string of the molecule is CCCCCc1ccc2c(c1)CCc1cc(-c3ccc(OC(F)F)cc3)ccc1-2. The van der Waals surface area contributed by atoms with E-state index < -0.39 is 6.61 Å². The molecule has 0 radical (unpaired) electrons. The lowest BCUT2D eigenvalue weighted by atomic mass is 9.83. The third kappa shape index (κ3) is 4.50. The Hall–Kier alpha value is -2.68. The van der Waals surface area contributed by atoms with E-state index in [4.69, 9.17) is 0 Å². The van der Waals surface area contributed by atoms with Gasteiger partial charge < -0.3 is 4.74 Å². The van der Waals surface area contributed by atoms with Gasteiger partial charge in [-0.3, -0.25) is 0 Å². The number of rotatable bonds is 7. The summed E-state index contributed by atoms with van der Waals surface area (Å²) in [5.74, 6) is 0.186. The average molecular weight is 392 g/mol. The van der Waals surface area contributed by atoms with Crippen molar-refractivity contribution in [3.8, 4) is 28.0 Å². The van der Waals surface area contributed by atoms with Gasteiger partial charge in [0.15, 0.2) is 0 Å². The van der Waals surface area contributed by atoms with Crippen molar-refractivity contribution >= 4 is 0 Å². The number of fused-ring (bicyclic) bond motifs is 3. The molecule has 1 aliphatic carbocycles. The molecule has 0 heterocycles. The highest BCUT2D eigenvalue weighted by Crippen LogP contribution is 2.37. The van der Waals surface area contributed by atoms with Gasteiger partial charge in [-0.2, -0.15) is 8.78 Å². The second-order valence-electron chi connectivity index (χ2n) is 7.72. The largest absolute Gasteiger partial charge is 0.435 e. The zero-order valence-electron chi connectivity index (χ0n) is 16.8. The number of ether oxygens (including phenoxy) is 1. The molecule has 0 unspecified atom stereocenters. The van der Waals surface area contributed by atoms with E-state index in [9.17, 15) is 8.78 Å². The topological polar surface area (TPSA) is 9.23 Å². The Balaban J connectivity index is 1.56. The average Bonchev–Trinajstić information content (AvgIpc) is 2.73. The number of aryl methyl sites for hydroxylation is 3. The van der Waals surface area contributed by atoms with Crippen LogP contribution in [0.3, 0.4) is 0 Å². The molecule has 1 aliphatic rings. The Kier molecular flexibility index (Phi) is 5.94. The number of hydrogen-bond acceptors (Lipinski definition) is 1. The van der Waals surface area contributed by atoms with Gasteiger partial charge in [0.05, 0.1) is 0 Å². The highest BCUT2D eigenvalue weighted by atomic mass is 19.3. The van der Waals surface area contributed by atoms with Gasteiger partial charge in [-0.1, -0.05) is 68.3 Å². The van der Waals surface area contributed by atoms with E-state index in [1.807, 2.05) is 12.1 Å². The standard InChI is InChI=1S/C26H26F2O/c1-2-3-4-5-18-6-14-24-21(16-18)7-8-22-17-20(11-15-25(22)24)19-9-12-23(13-10-19)29-26(27)28/h6,9-17,26H,2-5,7-8H2,1H3. The fourth-order valence-electron chi connectivity index (χ4n) is 4.19. The molecule has 0 aromatic heterocycles. The third-order valence-electron chi connectivity index (χ3n) is 5.71. The summed E-state index contributed by atoms with van der Waals surface area (Å²) >= 11 is 0. The molecule has 29 heavy (non-hydrogen) atoms. The first-order valence-electron chi connectivity index (χ1n) is 10.4. The number of halogens is 2. The minimum absolute atomic E-state index is 0.186. The van der Waals surface area contributed by atoms with Crippen LogP contribution in [0.25, 0.3) is 22.3 Å². The molecule has 0 fully saturated rings. The molecule has 3 aromatic rings. The number of benzene rings is 3. The van der Waals surface area contributed by atoms with Crippen molar-refractivity contribution in [3.63, 3.8) is 0 Å². The molecule has 0 atom stereocenters. The summed E-state index contributed by atoms with van der Waals surface area (Å²) in [5.41, 5.74) is 9.02. The van der Waals surface area contributed by atoms with E-state index in [1.165, 1.54) is 47.1 Å². The number of hydrogen-bond donors (Lipinski definition) is 0. The molecule has 0 aliphatic heterocycles. The molecule has 0 N–H and O–H groups in total. The molecule has 1 nitrogen and oxygen atoms in total. The van der Waals surface area contributed by atoms with Crippen molar-refractivity contribution in [2.24, 2.45) is 0 Å². The predicted molar refractivity (Wildman–Crippen MR) is 115 cm³/mol. The molecular weight excluding hydrogens is 366 g/mol. The summed E-state index contributed by atoms with van der Waals surface area (Å²) in [6.07, 6.45) is 7.06. The van der Waals surface area contributed by atoms with E-state index in [-0.39, 0.29) is 5.75 Å². The quantitative estimate of drug-likeness (QED) is 0.379. The Bertz CT molecular complexity index is 976. The van der Waals surface area contributed by atoms with Gasteiger partial charge in [-0.05, 0) is 76.8 Å². The van der Waals surface area contributed by atoms with Gasteiger partial charge in [-0.15, -0.1) is 0 Å². The van der Waals surface area contributed by atoms with Crippen LogP contribution in [0.4, 0.5) is 8.78 Å². The molecule has 0 saturated carbocycles. The van der Waals surface area contributed by atoms with E-state index in [0.29, 0.717) is 0 Å². The van der Waals surface area contributed by atoms with Crippen LogP contribution in [-0.4, -0.2) is 6.61 Å². The second kappa shape index (κ2) is 8.77. The van der Waals surface area contributed by atoms with Gasteiger partial charge in [0.2, 0.25) is 0 Å². The molecule has 3 heteroatoms. The Morgan fingerprint density at radius 1 is 0.793 bits per heavy atom. The maximum atomic E-state index is 12.3. The minimum atomic E-state index is -2.79. The van der Waals surface area contributed by atoms with E-state index in [2.05, 4.69) is 48.1 Å². The summed E-state index contributed by atoms with van der Waals surface area (Å²) in [5, 5.41) is 0. The Morgan fingerprint density at radius 3 is 2.14 bits per heavy atom. The summed E-state index contributed by atoms with van der Waals surface area (Å²) in [4.78, 5) is 0. The first-order chi connectivity index (χ1) is 14.1. The molecule has 0 amide bonds. The summed E-state index contributed by atoms with van der Waals surface area (Å²) in [6.45, 7) is -0.555. The number of unbranched alkanes of at least 4 members (excludes halogenated alkanes) is 2. The van der Waals surface area contributed by atoms with Gasteiger partial charge >= 0.3 is 6.61 Å². The molecular formula is C26H26F2O. The van der Waals surface area contributed by atoms with E-state index in [0.717, 1.165) is 30.4 Å². The molecule has 150 valence electrons. The highest BCUT2D eigenvalue weighted by molar-refractivity contribution is 5.77. The summed E-state index contributed by atoms with van der Waals surface area (Å²) in [6, 6.07) is 20.4. The van der Waals surface area contributed by atoms with Crippen molar-refractivity contribution in [2.75, 3.05) is 0 Å². The maximum absolute atomic E-state index is 12.3. The van der Waals surface area contributed by atoms with Crippen molar-refractivity contribution in [2.45, 2.75) is 52.1 Å². The molecule has 4 rings (SSSR count). The first kappa shape index (κ1) is 19.6. The van der Waals surface area contributed by atoms with Gasteiger partial charge in [0, 0.05) is 0 Å². The monoisotopic (exact) mass is 392 g/mol. The zero-order valence-corrected chi connectivity index (χ0v) is 16.8. The fraction of sp³-hybridized carbons (Fsp3) is 0.308. The van der Waals surface area contributed by atoms with Crippen LogP contribution in [0.1, 0.15) is 42.9 Å². The van der Waals surface area contributed by atoms with Crippen LogP contribution in [0, 0.1) is 0 Å². The molecule has 0 spiro atoms. The lowest BCUT2D eigenvalue weighted by molar-refractivity contribution is -0.0498. The van der Waals surface area contributed by atoms with Crippen LogP contribution in [0.5, 0.6) is 5.75 Å². The van der Waals surface area contributed by atoms with E-state index in [1.54, 1.807) is 12.1 Å². The summed E-state index contributed by atoms with van der Waals surface area (Å²) < 4.78 is 29.1. The van der Waals surface area contributed by atoms with Crippen molar-refractivity contribution in [1.29, 1.82) is 0 Å². The van der Waals surface area contributed by atoms with Crippen LogP contribution < -0.4 is 4.74 Å². The molecule has 0 saturated heterocycles. The van der Waals surface area contributed by atoms with Crippen LogP contribution >= 0.6 is 0 Å². The lowest BCUT2D eigenvalue weighted by Gasteiger charge is -2.22. The van der Waals surface area contributed by atoms with Crippen LogP contribution in [0.2, 0.25) is 0 Å². The minimum Gasteiger partial charge on any atom is -0.435 e. The van der Waals surface area contributed by atoms with Crippen molar-refractivity contribution in [1.82, 2.24) is 0 Å². The molecule has 0 bridgehead atoms. The molecule has 3 aromatic carbocycles. The maximum Gasteiger partial charge on any atom is 0.387 e. The van der Waals surface area contributed by atoms with Gasteiger partial charge in [0.25, 0.3) is 0 Å². The highest BCUT2D eigenvalue weighted by Gasteiger charge is 2.17.